The molecule has 3 unspecified atom stereocenters. The first-order valence-corrected chi connectivity index (χ1v) is 7.02. The van der Waals surface area contributed by atoms with E-state index in [0.717, 1.165) is 23.2 Å². The number of rotatable bonds is 6. The van der Waals surface area contributed by atoms with Crippen LogP contribution in [0.15, 0.2) is 0 Å². The van der Waals surface area contributed by atoms with E-state index in [1.54, 1.807) is 0 Å². The van der Waals surface area contributed by atoms with Gasteiger partial charge in [-0.05, 0) is 42.4 Å². The maximum Gasteiger partial charge on any atom is -0.0267 e. The summed E-state index contributed by atoms with van der Waals surface area (Å²) < 4.78 is 0. The molecule has 0 nitrogen and oxygen atoms in total. The molecule has 0 heteroatoms. The molecule has 0 radical (unpaired) electrons. The molecule has 0 aromatic heterocycles. The maximum absolute atomic E-state index is 2.49. The minimum absolute atomic E-state index is 0.739. The van der Waals surface area contributed by atoms with Crippen LogP contribution in [0.2, 0.25) is 0 Å². The fourth-order valence-corrected chi connectivity index (χ4v) is 3.59. The Morgan fingerprint density at radius 2 is 1.87 bits per heavy atom. The predicted molar refractivity (Wildman–Crippen MR) is 69.0 cm³/mol. The molecule has 90 valence electrons. The molecule has 3 atom stereocenters. The number of hydrogen-bond acceptors (Lipinski definition) is 0. The van der Waals surface area contributed by atoms with Gasteiger partial charge in [0.15, 0.2) is 0 Å². The average molecular weight is 210 g/mol. The van der Waals surface area contributed by atoms with Crippen LogP contribution in [0.25, 0.3) is 0 Å². The summed E-state index contributed by atoms with van der Waals surface area (Å²) >= 11 is 0. The number of hydrogen-bond donors (Lipinski definition) is 0. The zero-order valence-electron chi connectivity index (χ0n) is 11.5. The van der Waals surface area contributed by atoms with Crippen LogP contribution in [-0.2, 0) is 0 Å². The molecular formula is C15H30. The van der Waals surface area contributed by atoms with Crippen molar-refractivity contribution in [3.63, 3.8) is 0 Å². The molecule has 0 aromatic rings. The normalized spacial score (nSPS) is 35.6. The van der Waals surface area contributed by atoms with Gasteiger partial charge in [-0.3, -0.25) is 0 Å². The Balaban J connectivity index is 2.38. The first-order chi connectivity index (χ1) is 7.02. The van der Waals surface area contributed by atoms with Crippen LogP contribution < -0.4 is 0 Å². The third kappa shape index (κ3) is 2.98. The molecule has 0 bridgehead atoms. The van der Waals surface area contributed by atoms with Crippen LogP contribution in [0.1, 0.15) is 73.1 Å². The summed E-state index contributed by atoms with van der Waals surface area (Å²) in [5.74, 6) is 2.84. The van der Waals surface area contributed by atoms with E-state index < -0.39 is 0 Å². The van der Waals surface area contributed by atoms with Gasteiger partial charge in [-0.25, -0.2) is 0 Å². The van der Waals surface area contributed by atoms with Crippen molar-refractivity contribution in [2.24, 2.45) is 23.2 Å². The molecule has 1 aliphatic carbocycles. The van der Waals surface area contributed by atoms with E-state index in [1.165, 1.54) is 38.5 Å². The van der Waals surface area contributed by atoms with Crippen molar-refractivity contribution in [3.05, 3.63) is 0 Å². The standard InChI is InChI=1S/C15H30/c1-6-9-15(10-7-8-12(2)3)11-13(4)14(15)5/h12-14H,6-11H2,1-5H3. The molecule has 0 aliphatic heterocycles. The largest absolute Gasteiger partial charge is 0.0654 e. The van der Waals surface area contributed by atoms with Crippen LogP contribution in [0.3, 0.4) is 0 Å². The van der Waals surface area contributed by atoms with Gasteiger partial charge in [0, 0.05) is 0 Å². The van der Waals surface area contributed by atoms with Crippen molar-refractivity contribution in [1.29, 1.82) is 0 Å². The lowest BCUT2D eigenvalue weighted by Crippen LogP contribution is -2.45. The molecular weight excluding hydrogens is 180 g/mol. The van der Waals surface area contributed by atoms with Gasteiger partial charge in [-0.15, -0.1) is 0 Å². The van der Waals surface area contributed by atoms with Crippen LogP contribution in [0, 0.1) is 23.2 Å². The smallest absolute Gasteiger partial charge is 0.0267 e. The molecule has 0 saturated heterocycles. The van der Waals surface area contributed by atoms with Gasteiger partial charge in [0.2, 0.25) is 0 Å². The van der Waals surface area contributed by atoms with E-state index in [4.69, 9.17) is 0 Å². The summed E-state index contributed by atoms with van der Waals surface area (Å²) in [6.45, 7) is 12.0. The molecule has 0 aromatic carbocycles. The zero-order chi connectivity index (χ0) is 11.5. The van der Waals surface area contributed by atoms with Crippen molar-refractivity contribution in [2.75, 3.05) is 0 Å². The fraction of sp³-hybridized carbons (Fsp3) is 1.00. The monoisotopic (exact) mass is 210 g/mol. The molecule has 15 heavy (non-hydrogen) atoms. The third-order valence-electron chi connectivity index (χ3n) is 4.75. The maximum atomic E-state index is 2.49. The SMILES string of the molecule is CCCC1(CCCC(C)C)CC(C)C1C. The van der Waals surface area contributed by atoms with E-state index in [0.29, 0.717) is 0 Å². The third-order valence-corrected chi connectivity index (χ3v) is 4.75. The second-order valence-electron chi connectivity index (χ2n) is 6.37. The molecule has 0 amide bonds. The summed E-state index contributed by atoms with van der Waals surface area (Å²) in [5.41, 5.74) is 0.739. The Morgan fingerprint density at radius 3 is 2.27 bits per heavy atom. The van der Waals surface area contributed by atoms with Crippen molar-refractivity contribution < 1.29 is 0 Å². The molecule has 0 N–H and O–H groups in total. The van der Waals surface area contributed by atoms with Gasteiger partial charge in [0.05, 0.1) is 0 Å². The summed E-state index contributed by atoms with van der Waals surface area (Å²) in [6.07, 6.45) is 8.71. The lowest BCUT2D eigenvalue weighted by atomic mass is 9.51. The Morgan fingerprint density at radius 1 is 1.20 bits per heavy atom. The first kappa shape index (κ1) is 13.1. The van der Waals surface area contributed by atoms with E-state index in [-0.39, 0.29) is 0 Å². The van der Waals surface area contributed by atoms with Gasteiger partial charge in [0.25, 0.3) is 0 Å². The van der Waals surface area contributed by atoms with E-state index in [2.05, 4.69) is 34.6 Å². The second kappa shape index (κ2) is 5.37. The van der Waals surface area contributed by atoms with Crippen molar-refractivity contribution >= 4 is 0 Å². The van der Waals surface area contributed by atoms with Crippen molar-refractivity contribution in [1.82, 2.24) is 0 Å². The van der Waals surface area contributed by atoms with Gasteiger partial charge >= 0.3 is 0 Å². The molecule has 1 rings (SSSR count). The Labute approximate surface area is 96.8 Å². The Hall–Kier alpha value is 0. The van der Waals surface area contributed by atoms with E-state index in [9.17, 15) is 0 Å². The van der Waals surface area contributed by atoms with Crippen LogP contribution >= 0.6 is 0 Å². The molecule has 0 heterocycles. The highest BCUT2D eigenvalue weighted by Crippen LogP contribution is 2.56. The van der Waals surface area contributed by atoms with Crippen LogP contribution in [-0.4, -0.2) is 0 Å². The topological polar surface area (TPSA) is 0 Å². The molecule has 1 aliphatic rings. The summed E-state index contributed by atoms with van der Waals surface area (Å²) in [5, 5.41) is 0. The van der Waals surface area contributed by atoms with Crippen molar-refractivity contribution in [3.8, 4) is 0 Å². The van der Waals surface area contributed by atoms with Crippen LogP contribution in [0.5, 0.6) is 0 Å². The average Bonchev–Trinajstić information content (AvgIpc) is 2.17. The summed E-state index contributed by atoms with van der Waals surface area (Å²) in [6, 6.07) is 0. The van der Waals surface area contributed by atoms with Crippen LogP contribution in [0.4, 0.5) is 0 Å². The highest BCUT2D eigenvalue weighted by atomic mass is 14.5. The molecule has 0 spiro atoms. The van der Waals surface area contributed by atoms with Gasteiger partial charge < -0.3 is 0 Å². The molecule has 1 saturated carbocycles. The fourth-order valence-electron chi connectivity index (χ4n) is 3.59. The Kier molecular flexibility index (Phi) is 4.67. The first-order valence-electron chi connectivity index (χ1n) is 7.02. The lowest BCUT2D eigenvalue weighted by Gasteiger charge is -2.54. The minimum atomic E-state index is 0.739. The quantitative estimate of drug-likeness (QED) is 0.560. The zero-order valence-corrected chi connectivity index (χ0v) is 11.5. The summed E-state index contributed by atoms with van der Waals surface area (Å²) in [7, 11) is 0. The predicted octanol–water partition coefficient (Wildman–Crippen LogP) is 5.28. The highest BCUT2D eigenvalue weighted by molar-refractivity contribution is 4.97. The highest BCUT2D eigenvalue weighted by Gasteiger charge is 2.47. The van der Waals surface area contributed by atoms with Crippen molar-refractivity contribution in [2.45, 2.75) is 73.1 Å². The Bertz CT molecular complexity index is 178. The lowest BCUT2D eigenvalue weighted by molar-refractivity contribution is -0.0395. The van der Waals surface area contributed by atoms with Gasteiger partial charge in [-0.1, -0.05) is 53.9 Å². The van der Waals surface area contributed by atoms with Gasteiger partial charge in [-0.2, -0.15) is 0 Å². The van der Waals surface area contributed by atoms with E-state index >= 15 is 0 Å². The second-order valence-corrected chi connectivity index (χ2v) is 6.37. The van der Waals surface area contributed by atoms with E-state index in [1.807, 2.05) is 0 Å². The molecule has 1 fully saturated rings. The van der Waals surface area contributed by atoms with Gasteiger partial charge in [0.1, 0.15) is 0 Å². The minimum Gasteiger partial charge on any atom is -0.0654 e. The summed E-state index contributed by atoms with van der Waals surface area (Å²) in [4.78, 5) is 0.